The summed E-state index contributed by atoms with van der Waals surface area (Å²) in [6.45, 7) is 9.78. The third kappa shape index (κ3) is 5.32. The number of methoxy groups -OCH3 is 1. The predicted molar refractivity (Wildman–Crippen MR) is 84.0 cm³/mol. The number of likely N-dealkylation sites (N-methyl/N-ethyl adjacent to an activating group) is 1. The molecule has 0 bridgehead atoms. The normalized spacial score (nSPS) is 27.1. The summed E-state index contributed by atoms with van der Waals surface area (Å²) < 4.78 is 10.5. The van der Waals surface area contributed by atoms with E-state index in [2.05, 4.69) is 18.7 Å². The maximum absolute atomic E-state index is 6.14. The van der Waals surface area contributed by atoms with Crippen LogP contribution in [0.15, 0.2) is 0 Å². The van der Waals surface area contributed by atoms with Gasteiger partial charge < -0.3 is 15.2 Å². The SMILES string of the molecule is CCN(CCCOCCOC)C1(CN)CCC(C)CC1. The summed E-state index contributed by atoms with van der Waals surface area (Å²) >= 11 is 0. The maximum atomic E-state index is 6.14. The standard InChI is InChI=1S/C16H34N2O2/c1-4-18(10-5-11-20-13-12-19-3)16(14-17)8-6-15(2)7-9-16/h15H,4-14,17H2,1-3H3. The zero-order chi connectivity index (χ0) is 14.8. The summed E-state index contributed by atoms with van der Waals surface area (Å²) in [4.78, 5) is 2.60. The van der Waals surface area contributed by atoms with Crippen LogP contribution in [0.25, 0.3) is 0 Å². The lowest BCUT2D eigenvalue weighted by Gasteiger charge is -2.47. The number of hydrogen-bond acceptors (Lipinski definition) is 4. The summed E-state index contributed by atoms with van der Waals surface area (Å²) in [6.07, 6.45) is 6.22. The van der Waals surface area contributed by atoms with Gasteiger partial charge in [-0.25, -0.2) is 0 Å². The fourth-order valence-electron chi connectivity index (χ4n) is 3.28. The van der Waals surface area contributed by atoms with Crippen molar-refractivity contribution in [3.63, 3.8) is 0 Å². The average molecular weight is 286 g/mol. The van der Waals surface area contributed by atoms with Crippen LogP contribution in [0.1, 0.15) is 46.0 Å². The minimum atomic E-state index is 0.244. The Balaban J connectivity index is 2.35. The molecule has 120 valence electrons. The highest BCUT2D eigenvalue weighted by Crippen LogP contribution is 2.35. The molecule has 1 rings (SSSR count). The van der Waals surface area contributed by atoms with Crippen LogP contribution in [0.4, 0.5) is 0 Å². The van der Waals surface area contributed by atoms with E-state index in [1.807, 2.05) is 0 Å². The minimum absolute atomic E-state index is 0.244. The first-order valence-corrected chi connectivity index (χ1v) is 8.20. The third-order valence-electron chi connectivity index (χ3n) is 4.79. The van der Waals surface area contributed by atoms with E-state index in [1.165, 1.54) is 25.7 Å². The molecule has 1 saturated carbocycles. The molecule has 2 N–H and O–H groups in total. The second kappa shape index (κ2) is 9.72. The molecule has 1 fully saturated rings. The van der Waals surface area contributed by atoms with Crippen LogP contribution in [0.5, 0.6) is 0 Å². The molecule has 0 saturated heterocycles. The molecule has 0 unspecified atom stereocenters. The number of nitrogens with zero attached hydrogens (tertiary/aromatic N) is 1. The van der Waals surface area contributed by atoms with E-state index in [4.69, 9.17) is 15.2 Å². The molecule has 1 aliphatic rings. The van der Waals surface area contributed by atoms with Gasteiger partial charge in [0.15, 0.2) is 0 Å². The Kier molecular flexibility index (Phi) is 8.69. The van der Waals surface area contributed by atoms with Crippen LogP contribution >= 0.6 is 0 Å². The second-order valence-electron chi connectivity index (χ2n) is 6.15. The van der Waals surface area contributed by atoms with Gasteiger partial charge in [0.05, 0.1) is 13.2 Å². The van der Waals surface area contributed by atoms with Gasteiger partial charge in [-0.2, -0.15) is 0 Å². The molecule has 0 radical (unpaired) electrons. The average Bonchev–Trinajstić information content (AvgIpc) is 2.48. The number of nitrogens with two attached hydrogens (primary N) is 1. The first kappa shape index (κ1) is 17.9. The maximum Gasteiger partial charge on any atom is 0.0700 e. The first-order valence-electron chi connectivity index (χ1n) is 8.20. The van der Waals surface area contributed by atoms with E-state index >= 15 is 0 Å². The van der Waals surface area contributed by atoms with Gasteiger partial charge in [0.25, 0.3) is 0 Å². The Morgan fingerprint density at radius 2 is 1.90 bits per heavy atom. The van der Waals surface area contributed by atoms with E-state index in [1.54, 1.807) is 7.11 Å². The highest BCUT2D eigenvalue weighted by atomic mass is 16.5. The lowest BCUT2D eigenvalue weighted by atomic mass is 9.76. The van der Waals surface area contributed by atoms with Crippen LogP contribution in [0.2, 0.25) is 0 Å². The topological polar surface area (TPSA) is 47.7 Å². The minimum Gasteiger partial charge on any atom is -0.382 e. The van der Waals surface area contributed by atoms with Crippen molar-refractivity contribution < 1.29 is 9.47 Å². The van der Waals surface area contributed by atoms with Crippen molar-refractivity contribution in [1.29, 1.82) is 0 Å². The Bertz CT molecular complexity index is 241. The summed E-state index contributed by atoms with van der Waals surface area (Å²) in [5.41, 5.74) is 6.38. The fraction of sp³-hybridized carbons (Fsp3) is 1.00. The smallest absolute Gasteiger partial charge is 0.0700 e. The molecule has 0 amide bonds. The molecule has 0 atom stereocenters. The predicted octanol–water partition coefficient (Wildman–Crippen LogP) is 2.27. The van der Waals surface area contributed by atoms with E-state index < -0.39 is 0 Å². The summed E-state index contributed by atoms with van der Waals surface area (Å²) in [5.74, 6) is 0.866. The Morgan fingerprint density at radius 1 is 1.20 bits per heavy atom. The van der Waals surface area contributed by atoms with E-state index in [-0.39, 0.29) is 5.54 Å². The molecule has 20 heavy (non-hydrogen) atoms. The van der Waals surface area contributed by atoms with Crippen molar-refractivity contribution in [1.82, 2.24) is 4.90 Å². The lowest BCUT2D eigenvalue weighted by molar-refractivity contribution is 0.0304. The fourth-order valence-corrected chi connectivity index (χ4v) is 3.28. The van der Waals surface area contributed by atoms with Crippen LogP contribution in [0.3, 0.4) is 0 Å². The van der Waals surface area contributed by atoms with Crippen molar-refractivity contribution in [2.45, 2.75) is 51.5 Å². The zero-order valence-corrected chi connectivity index (χ0v) is 13.7. The summed E-state index contributed by atoms with van der Waals surface area (Å²) in [5, 5.41) is 0. The van der Waals surface area contributed by atoms with Gasteiger partial charge in [-0.3, -0.25) is 4.90 Å². The summed E-state index contributed by atoms with van der Waals surface area (Å²) in [7, 11) is 1.71. The molecule has 4 heteroatoms. The third-order valence-corrected chi connectivity index (χ3v) is 4.79. The van der Waals surface area contributed by atoms with Gasteiger partial charge in [-0.1, -0.05) is 13.8 Å². The van der Waals surface area contributed by atoms with Gasteiger partial charge in [0.2, 0.25) is 0 Å². The second-order valence-corrected chi connectivity index (χ2v) is 6.15. The molecular formula is C16H34N2O2. The van der Waals surface area contributed by atoms with Crippen molar-refractivity contribution >= 4 is 0 Å². The molecule has 1 aliphatic carbocycles. The highest BCUT2D eigenvalue weighted by Gasteiger charge is 2.37. The van der Waals surface area contributed by atoms with Crippen LogP contribution in [-0.2, 0) is 9.47 Å². The monoisotopic (exact) mass is 286 g/mol. The van der Waals surface area contributed by atoms with Gasteiger partial charge in [0, 0.05) is 32.3 Å². The zero-order valence-electron chi connectivity index (χ0n) is 13.7. The number of ether oxygens (including phenoxy) is 2. The molecule has 0 heterocycles. The van der Waals surface area contributed by atoms with Crippen molar-refractivity contribution in [2.75, 3.05) is 46.6 Å². The lowest BCUT2D eigenvalue weighted by Crippen LogP contribution is -2.56. The van der Waals surface area contributed by atoms with Gasteiger partial charge in [0.1, 0.15) is 0 Å². The molecule has 0 aromatic rings. The summed E-state index contributed by atoms with van der Waals surface area (Å²) in [6, 6.07) is 0. The number of rotatable bonds is 10. The Morgan fingerprint density at radius 3 is 2.45 bits per heavy atom. The van der Waals surface area contributed by atoms with Gasteiger partial charge in [-0.15, -0.1) is 0 Å². The van der Waals surface area contributed by atoms with Crippen LogP contribution < -0.4 is 5.73 Å². The van der Waals surface area contributed by atoms with Crippen LogP contribution in [0, 0.1) is 5.92 Å². The first-order chi connectivity index (χ1) is 9.68. The molecular weight excluding hydrogens is 252 g/mol. The van der Waals surface area contributed by atoms with E-state index in [9.17, 15) is 0 Å². The largest absolute Gasteiger partial charge is 0.382 e. The quantitative estimate of drug-likeness (QED) is 0.626. The van der Waals surface area contributed by atoms with Crippen molar-refractivity contribution in [3.05, 3.63) is 0 Å². The Labute approximate surface area is 125 Å². The molecule has 0 aromatic heterocycles. The molecule has 0 aromatic carbocycles. The number of hydrogen-bond donors (Lipinski definition) is 1. The molecule has 0 spiro atoms. The van der Waals surface area contributed by atoms with Crippen molar-refractivity contribution in [3.8, 4) is 0 Å². The van der Waals surface area contributed by atoms with Crippen molar-refractivity contribution in [2.24, 2.45) is 11.7 Å². The molecule has 4 nitrogen and oxygen atoms in total. The highest BCUT2D eigenvalue weighted by molar-refractivity contribution is 4.95. The molecule has 0 aliphatic heterocycles. The van der Waals surface area contributed by atoms with E-state index in [0.29, 0.717) is 13.2 Å². The van der Waals surface area contributed by atoms with Gasteiger partial charge in [-0.05, 0) is 44.6 Å². The van der Waals surface area contributed by atoms with E-state index in [0.717, 1.165) is 38.6 Å². The Hall–Kier alpha value is -0.160. The van der Waals surface area contributed by atoms with Crippen LogP contribution in [-0.4, -0.2) is 57.0 Å². The van der Waals surface area contributed by atoms with Gasteiger partial charge >= 0.3 is 0 Å².